The molecule has 0 unspecified atom stereocenters. The predicted octanol–water partition coefficient (Wildman–Crippen LogP) is 1.58. The summed E-state index contributed by atoms with van der Waals surface area (Å²) in [4.78, 5) is 4.35. The normalized spacial score (nSPS) is 16.3. The van der Waals surface area contributed by atoms with E-state index in [2.05, 4.69) is 17.9 Å². The first-order valence-electron chi connectivity index (χ1n) is 4.78. The second-order valence-electron chi connectivity index (χ2n) is 3.48. The summed E-state index contributed by atoms with van der Waals surface area (Å²) < 4.78 is 0. The third kappa shape index (κ3) is 1.39. The molecule has 0 bridgehead atoms. The molecule has 0 saturated heterocycles. The van der Waals surface area contributed by atoms with E-state index >= 15 is 0 Å². The van der Waals surface area contributed by atoms with Crippen LogP contribution in [-0.4, -0.2) is 18.0 Å². The Kier molecular flexibility index (Phi) is 2.44. The number of anilines is 1. The van der Waals surface area contributed by atoms with Gasteiger partial charge in [-0.25, -0.2) is 0 Å². The molecule has 0 saturated carbocycles. The van der Waals surface area contributed by atoms with E-state index in [1.165, 1.54) is 10.4 Å². The molecule has 2 N–H and O–H groups in total. The van der Waals surface area contributed by atoms with Gasteiger partial charge in [-0.3, -0.25) is 4.90 Å². The van der Waals surface area contributed by atoms with Gasteiger partial charge in [0.05, 0.1) is 5.69 Å². The molecular formula is C10H13N3S. The van der Waals surface area contributed by atoms with Crippen LogP contribution in [0.25, 0.3) is 0 Å². The van der Waals surface area contributed by atoms with Gasteiger partial charge in [-0.1, -0.05) is 6.92 Å². The molecule has 0 aliphatic carbocycles. The van der Waals surface area contributed by atoms with Crippen LogP contribution in [0.3, 0.4) is 0 Å². The minimum Gasteiger partial charge on any atom is -0.397 e. The topological polar surface area (TPSA) is 53.0 Å². The van der Waals surface area contributed by atoms with Crippen LogP contribution >= 0.6 is 11.3 Å². The summed E-state index contributed by atoms with van der Waals surface area (Å²) in [5.74, 6) is 0. The molecule has 0 amide bonds. The van der Waals surface area contributed by atoms with Crippen molar-refractivity contribution >= 4 is 17.0 Å². The van der Waals surface area contributed by atoms with E-state index in [4.69, 9.17) is 11.0 Å². The lowest BCUT2D eigenvalue weighted by Gasteiger charge is -2.25. The molecule has 14 heavy (non-hydrogen) atoms. The predicted molar refractivity (Wildman–Crippen MR) is 58.1 cm³/mol. The summed E-state index contributed by atoms with van der Waals surface area (Å²) in [5.41, 5.74) is 7.82. The lowest BCUT2D eigenvalue weighted by molar-refractivity contribution is 0.271. The van der Waals surface area contributed by atoms with Crippen LogP contribution in [0, 0.1) is 11.3 Å². The fourth-order valence-electron chi connectivity index (χ4n) is 1.82. The zero-order valence-electron chi connectivity index (χ0n) is 8.21. The van der Waals surface area contributed by atoms with Gasteiger partial charge in [0.1, 0.15) is 10.9 Å². The lowest BCUT2D eigenvalue weighted by atomic mass is 10.1. The van der Waals surface area contributed by atoms with Gasteiger partial charge < -0.3 is 5.73 Å². The van der Waals surface area contributed by atoms with Gasteiger partial charge in [-0.05, 0) is 13.0 Å². The maximum Gasteiger partial charge on any atom is 0.128 e. The second-order valence-corrected chi connectivity index (χ2v) is 4.58. The molecule has 2 heterocycles. The van der Waals surface area contributed by atoms with Gasteiger partial charge >= 0.3 is 0 Å². The molecule has 0 spiro atoms. The zero-order valence-corrected chi connectivity index (χ0v) is 9.02. The number of nitrogens with two attached hydrogens (primary N) is 1. The SMILES string of the molecule is CCN1CCc2sc(C#N)c(N)c2C1. The highest BCUT2D eigenvalue weighted by Gasteiger charge is 2.21. The summed E-state index contributed by atoms with van der Waals surface area (Å²) in [6.07, 6.45) is 1.04. The van der Waals surface area contributed by atoms with E-state index in [1.54, 1.807) is 11.3 Å². The highest BCUT2D eigenvalue weighted by molar-refractivity contribution is 7.13. The van der Waals surface area contributed by atoms with Gasteiger partial charge in [0, 0.05) is 23.5 Å². The van der Waals surface area contributed by atoms with E-state index in [1.807, 2.05) is 0 Å². The van der Waals surface area contributed by atoms with Gasteiger partial charge in [0.2, 0.25) is 0 Å². The van der Waals surface area contributed by atoms with Crippen molar-refractivity contribution in [1.29, 1.82) is 5.26 Å². The molecule has 0 aromatic carbocycles. The van der Waals surface area contributed by atoms with Gasteiger partial charge in [-0.15, -0.1) is 11.3 Å². The monoisotopic (exact) mass is 207 g/mol. The van der Waals surface area contributed by atoms with Crippen molar-refractivity contribution in [2.24, 2.45) is 0 Å². The Labute approximate surface area is 87.7 Å². The molecule has 0 atom stereocenters. The largest absolute Gasteiger partial charge is 0.397 e. The number of nitrogen functional groups attached to an aromatic ring is 1. The van der Waals surface area contributed by atoms with Gasteiger partial charge in [-0.2, -0.15) is 5.26 Å². The summed E-state index contributed by atoms with van der Waals surface area (Å²) in [5, 5.41) is 8.86. The number of hydrogen-bond donors (Lipinski definition) is 1. The van der Waals surface area contributed by atoms with Crippen LogP contribution in [0.2, 0.25) is 0 Å². The smallest absolute Gasteiger partial charge is 0.128 e. The quantitative estimate of drug-likeness (QED) is 0.760. The number of rotatable bonds is 1. The fourth-order valence-corrected chi connectivity index (χ4v) is 2.83. The number of fused-ring (bicyclic) bond motifs is 1. The van der Waals surface area contributed by atoms with E-state index in [-0.39, 0.29) is 0 Å². The molecule has 2 rings (SSSR count). The van der Waals surface area contributed by atoms with E-state index in [0.29, 0.717) is 10.6 Å². The van der Waals surface area contributed by atoms with Crippen LogP contribution in [-0.2, 0) is 13.0 Å². The van der Waals surface area contributed by atoms with Crippen LogP contribution < -0.4 is 5.73 Å². The molecule has 1 aromatic heterocycles. The minimum absolute atomic E-state index is 0.688. The van der Waals surface area contributed by atoms with Crippen molar-refractivity contribution < 1.29 is 0 Å². The second kappa shape index (κ2) is 3.60. The van der Waals surface area contributed by atoms with Crippen LogP contribution in [0.4, 0.5) is 5.69 Å². The zero-order chi connectivity index (χ0) is 10.1. The highest BCUT2D eigenvalue weighted by Crippen LogP contribution is 2.34. The summed E-state index contributed by atoms with van der Waals surface area (Å²) in [7, 11) is 0. The average molecular weight is 207 g/mol. The Morgan fingerprint density at radius 2 is 2.43 bits per heavy atom. The number of nitrogens with zero attached hydrogens (tertiary/aromatic N) is 2. The third-order valence-corrected chi connectivity index (χ3v) is 3.93. The molecule has 0 fully saturated rings. The molecule has 1 aliphatic heterocycles. The van der Waals surface area contributed by atoms with E-state index in [0.717, 1.165) is 26.1 Å². The molecule has 4 heteroatoms. The first-order chi connectivity index (χ1) is 6.76. The third-order valence-electron chi connectivity index (χ3n) is 2.72. The molecule has 1 aromatic rings. The Morgan fingerprint density at radius 3 is 3.07 bits per heavy atom. The Morgan fingerprint density at radius 1 is 1.64 bits per heavy atom. The van der Waals surface area contributed by atoms with Crippen molar-refractivity contribution in [3.8, 4) is 6.07 Å². The maximum absolute atomic E-state index is 8.86. The first-order valence-corrected chi connectivity index (χ1v) is 5.60. The Balaban J connectivity index is 2.37. The van der Waals surface area contributed by atoms with Crippen LogP contribution in [0.1, 0.15) is 22.2 Å². The molecule has 0 radical (unpaired) electrons. The van der Waals surface area contributed by atoms with Crippen LogP contribution in [0.5, 0.6) is 0 Å². The number of likely N-dealkylation sites (N-methyl/N-ethyl adjacent to an activating group) is 1. The van der Waals surface area contributed by atoms with Gasteiger partial charge in [0.25, 0.3) is 0 Å². The first kappa shape index (κ1) is 9.50. The molecular weight excluding hydrogens is 194 g/mol. The average Bonchev–Trinajstić information content (AvgIpc) is 2.55. The van der Waals surface area contributed by atoms with Crippen molar-refractivity contribution in [2.45, 2.75) is 19.9 Å². The fraction of sp³-hybridized carbons (Fsp3) is 0.500. The molecule has 3 nitrogen and oxygen atoms in total. The van der Waals surface area contributed by atoms with Crippen molar-refractivity contribution in [3.63, 3.8) is 0 Å². The summed E-state index contributed by atoms with van der Waals surface area (Å²) in [6.45, 7) is 5.21. The van der Waals surface area contributed by atoms with Crippen molar-refractivity contribution in [3.05, 3.63) is 15.3 Å². The van der Waals surface area contributed by atoms with Gasteiger partial charge in [0.15, 0.2) is 0 Å². The van der Waals surface area contributed by atoms with Crippen LogP contribution in [0.15, 0.2) is 0 Å². The highest BCUT2D eigenvalue weighted by atomic mass is 32.1. The minimum atomic E-state index is 0.688. The van der Waals surface area contributed by atoms with E-state index < -0.39 is 0 Å². The molecule has 74 valence electrons. The maximum atomic E-state index is 8.86. The number of hydrogen-bond acceptors (Lipinski definition) is 4. The summed E-state index contributed by atoms with van der Waals surface area (Å²) >= 11 is 1.56. The molecule has 1 aliphatic rings. The number of thiophene rings is 1. The summed E-state index contributed by atoms with van der Waals surface area (Å²) in [6, 6.07) is 2.16. The standard InChI is InChI=1S/C10H13N3S/c1-2-13-4-3-8-7(6-13)10(12)9(5-11)14-8/h2-4,6,12H2,1H3. The lowest BCUT2D eigenvalue weighted by Crippen LogP contribution is -2.29. The van der Waals surface area contributed by atoms with Crippen molar-refractivity contribution in [1.82, 2.24) is 4.90 Å². The van der Waals surface area contributed by atoms with E-state index in [9.17, 15) is 0 Å². The van der Waals surface area contributed by atoms with Crippen molar-refractivity contribution in [2.75, 3.05) is 18.8 Å². The Hall–Kier alpha value is -1.05. The Bertz CT molecular complexity index is 389. The number of nitriles is 1.